The number of hydrogen-bond acceptors (Lipinski definition) is 3. The zero-order chi connectivity index (χ0) is 34.2. The number of hydrogen-bond donors (Lipinski definition) is 1. The molecule has 0 bridgehead atoms. The van der Waals surface area contributed by atoms with E-state index in [0.29, 0.717) is 0 Å². The van der Waals surface area contributed by atoms with Crippen LogP contribution in [0.25, 0.3) is 70.8 Å². The number of rotatable bonds is 4. The monoisotopic (exact) mass is 665 g/mol. The highest BCUT2D eigenvalue weighted by atomic mass is 15.3. The Hall–Kier alpha value is -6.98. The van der Waals surface area contributed by atoms with Gasteiger partial charge in [-0.15, -0.1) is 0 Å². The maximum absolute atomic E-state index is 5.48. The zero-order valence-electron chi connectivity index (χ0n) is 28.1. The van der Waals surface area contributed by atoms with Gasteiger partial charge in [0.1, 0.15) is 11.7 Å². The largest absolute Gasteiger partial charge is 0.324 e. The molecule has 0 unspecified atom stereocenters. The summed E-state index contributed by atoms with van der Waals surface area (Å²) in [5, 5.41) is 13.2. The number of nitrogens with one attached hydrogen (secondary N) is 1. The molecule has 0 aliphatic carbocycles. The van der Waals surface area contributed by atoms with Gasteiger partial charge in [-0.25, -0.2) is 9.98 Å². The summed E-state index contributed by atoms with van der Waals surface area (Å²) in [6, 6.07) is 62.5. The number of para-hydroxylation sites is 3. The van der Waals surface area contributed by atoms with Gasteiger partial charge < -0.3 is 9.88 Å². The number of nitrogens with zero attached hydrogens (tertiary/aromatic N) is 4. The topological polar surface area (TPSA) is 46.6 Å². The zero-order valence-corrected chi connectivity index (χ0v) is 28.1. The highest BCUT2D eigenvalue weighted by molar-refractivity contribution is 6.26. The Labute approximate surface area is 299 Å². The summed E-state index contributed by atoms with van der Waals surface area (Å²) in [5.74, 6) is 1.59. The lowest BCUT2D eigenvalue weighted by Gasteiger charge is -2.25. The number of fused-ring (bicyclic) bond motifs is 9. The molecule has 0 atom stereocenters. The molecule has 52 heavy (non-hydrogen) atoms. The van der Waals surface area contributed by atoms with Crippen LogP contribution in [0.1, 0.15) is 17.4 Å². The Balaban J connectivity index is 1.24. The minimum absolute atomic E-state index is 0.571. The van der Waals surface area contributed by atoms with Crippen molar-refractivity contribution in [3.63, 3.8) is 0 Å². The van der Waals surface area contributed by atoms with Gasteiger partial charge in [0, 0.05) is 38.4 Å². The van der Waals surface area contributed by atoms with Crippen LogP contribution in [0.4, 0.5) is 0 Å². The summed E-state index contributed by atoms with van der Waals surface area (Å²) >= 11 is 0. The Kier molecular flexibility index (Phi) is 6.25. The van der Waals surface area contributed by atoms with E-state index in [0.717, 1.165) is 50.3 Å². The molecular weight excluding hydrogens is 635 g/mol. The summed E-state index contributed by atoms with van der Waals surface area (Å²) in [5.41, 5.74) is 7.76. The van der Waals surface area contributed by atoms with Crippen molar-refractivity contribution >= 4 is 76.8 Å². The van der Waals surface area contributed by atoms with Gasteiger partial charge in [0.25, 0.3) is 0 Å². The first kappa shape index (κ1) is 28.8. The normalized spacial score (nSPS) is 13.7. The fourth-order valence-corrected chi connectivity index (χ4v) is 8.32. The molecule has 11 rings (SSSR count). The van der Waals surface area contributed by atoms with Crippen LogP contribution in [0.2, 0.25) is 0 Å². The van der Waals surface area contributed by atoms with E-state index in [9.17, 15) is 0 Å². The Morgan fingerprint density at radius 1 is 0.404 bits per heavy atom. The van der Waals surface area contributed by atoms with Crippen LogP contribution in [0.3, 0.4) is 0 Å². The molecule has 2 aromatic heterocycles. The molecule has 5 nitrogen and oxygen atoms in total. The third-order valence-corrected chi connectivity index (χ3v) is 10.6. The van der Waals surface area contributed by atoms with E-state index < -0.39 is 6.29 Å². The van der Waals surface area contributed by atoms with E-state index in [1.165, 1.54) is 43.4 Å². The molecule has 0 amide bonds. The highest BCUT2D eigenvalue weighted by Crippen LogP contribution is 2.42. The third-order valence-electron chi connectivity index (χ3n) is 10.6. The maximum Gasteiger partial charge on any atom is 0.224 e. The lowest BCUT2D eigenvalue weighted by molar-refractivity contribution is 0.575. The van der Waals surface area contributed by atoms with Crippen LogP contribution < -0.4 is 5.32 Å². The first-order chi connectivity index (χ1) is 25.8. The van der Waals surface area contributed by atoms with Crippen molar-refractivity contribution in [1.82, 2.24) is 14.5 Å². The van der Waals surface area contributed by atoms with E-state index in [1.54, 1.807) is 0 Å². The van der Waals surface area contributed by atoms with Crippen LogP contribution in [0.15, 0.2) is 186 Å². The predicted octanol–water partition coefficient (Wildman–Crippen LogP) is 11.2. The number of benzene rings is 8. The fraction of sp³-hybridized carbons (Fsp3) is 0.0213. The SMILES string of the molecule is c1ccc(-n2c3ccccc3c3ccc4c(c5ccccc5n4C4N=C(c5cccc6ccccc56)NC(c5cccc6ccccc56)=N4)c32)cc1. The van der Waals surface area contributed by atoms with E-state index >= 15 is 0 Å². The number of aliphatic imine (C=N–C) groups is 2. The third kappa shape index (κ3) is 4.23. The number of aromatic nitrogens is 2. The highest BCUT2D eigenvalue weighted by Gasteiger charge is 2.27. The van der Waals surface area contributed by atoms with E-state index in [-0.39, 0.29) is 0 Å². The van der Waals surface area contributed by atoms with E-state index in [2.05, 4.69) is 190 Å². The molecule has 0 saturated heterocycles. The summed E-state index contributed by atoms with van der Waals surface area (Å²) in [4.78, 5) is 11.0. The second-order valence-corrected chi connectivity index (χ2v) is 13.4. The van der Waals surface area contributed by atoms with Crippen molar-refractivity contribution < 1.29 is 0 Å². The summed E-state index contributed by atoms with van der Waals surface area (Å²) in [6.45, 7) is 0. The van der Waals surface area contributed by atoms with Gasteiger partial charge in [0.05, 0.1) is 22.1 Å². The lowest BCUT2D eigenvalue weighted by atomic mass is 10.0. The van der Waals surface area contributed by atoms with Crippen molar-refractivity contribution in [2.24, 2.45) is 9.98 Å². The summed E-state index contributed by atoms with van der Waals surface area (Å²) in [6.07, 6.45) is -0.571. The standard InChI is InChI=1S/C47H31N5/c1-2-18-32(19-3-1)51-40-26-10-8-22-35(40)36-28-29-42-43(44(36)51)39-23-9-11-27-41(39)52(42)47-49-45(37-24-12-16-30-14-4-6-20-33(30)37)48-46(50-47)38-25-13-17-31-15-5-7-21-34(31)38/h1-29,47H,(H,48,49,50). The molecule has 0 radical (unpaired) electrons. The maximum atomic E-state index is 5.48. The molecule has 244 valence electrons. The molecule has 5 heteroatoms. The smallest absolute Gasteiger partial charge is 0.224 e. The molecule has 1 aliphatic rings. The molecule has 0 saturated carbocycles. The molecule has 0 spiro atoms. The predicted molar refractivity (Wildman–Crippen MR) is 217 cm³/mol. The average Bonchev–Trinajstić information content (AvgIpc) is 3.73. The average molecular weight is 666 g/mol. The first-order valence-electron chi connectivity index (χ1n) is 17.7. The minimum atomic E-state index is -0.571. The van der Waals surface area contributed by atoms with Gasteiger partial charge in [-0.3, -0.25) is 4.57 Å². The second-order valence-electron chi connectivity index (χ2n) is 13.4. The van der Waals surface area contributed by atoms with Crippen LogP contribution in [0, 0.1) is 0 Å². The van der Waals surface area contributed by atoms with Gasteiger partial charge >= 0.3 is 0 Å². The Morgan fingerprint density at radius 3 is 1.62 bits per heavy atom. The van der Waals surface area contributed by atoms with Crippen LogP contribution in [0.5, 0.6) is 0 Å². The van der Waals surface area contributed by atoms with Crippen LogP contribution >= 0.6 is 0 Å². The van der Waals surface area contributed by atoms with Crippen molar-refractivity contribution in [1.29, 1.82) is 0 Å². The van der Waals surface area contributed by atoms with Crippen molar-refractivity contribution in [3.8, 4) is 5.69 Å². The summed E-state index contributed by atoms with van der Waals surface area (Å²) in [7, 11) is 0. The quantitative estimate of drug-likeness (QED) is 0.200. The van der Waals surface area contributed by atoms with Gasteiger partial charge in [0.15, 0.2) is 0 Å². The lowest BCUT2D eigenvalue weighted by Crippen LogP contribution is -2.37. The Morgan fingerprint density at radius 2 is 0.942 bits per heavy atom. The minimum Gasteiger partial charge on any atom is -0.324 e. The molecule has 8 aromatic carbocycles. The fourth-order valence-electron chi connectivity index (χ4n) is 8.32. The van der Waals surface area contributed by atoms with E-state index in [1.807, 2.05) is 0 Å². The van der Waals surface area contributed by atoms with E-state index in [4.69, 9.17) is 9.98 Å². The van der Waals surface area contributed by atoms with Gasteiger partial charge in [-0.2, -0.15) is 0 Å². The molecule has 0 fully saturated rings. The molecule has 1 N–H and O–H groups in total. The molecule has 10 aromatic rings. The van der Waals surface area contributed by atoms with Crippen LogP contribution in [-0.2, 0) is 0 Å². The van der Waals surface area contributed by atoms with Gasteiger partial charge in [-0.1, -0.05) is 146 Å². The van der Waals surface area contributed by atoms with Crippen molar-refractivity contribution in [3.05, 3.63) is 187 Å². The molecular formula is C47H31N5. The van der Waals surface area contributed by atoms with Crippen molar-refractivity contribution in [2.45, 2.75) is 6.29 Å². The second kappa shape index (κ2) is 11.3. The number of amidine groups is 2. The molecule has 1 aliphatic heterocycles. The Bertz CT molecular complexity index is 3000. The summed E-state index contributed by atoms with van der Waals surface area (Å²) < 4.78 is 4.75. The van der Waals surface area contributed by atoms with Crippen molar-refractivity contribution in [2.75, 3.05) is 0 Å². The van der Waals surface area contributed by atoms with Gasteiger partial charge in [-0.05, 0) is 51.9 Å². The first-order valence-corrected chi connectivity index (χ1v) is 17.7. The molecule has 3 heterocycles. The van der Waals surface area contributed by atoms with Gasteiger partial charge in [0.2, 0.25) is 6.29 Å². The van der Waals surface area contributed by atoms with Crippen LogP contribution in [-0.4, -0.2) is 20.8 Å².